The number of hydrogen-bond acceptors (Lipinski definition) is 2. The second-order valence-electron chi connectivity index (χ2n) is 5.65. The van der Waals surface area contributed by atoms with Crippen LogP contribution in [0.3, 0.4) is 0 Å². The average molecular weight is 228 g/mol. The maximum atomic E-state index is 3.53. The highest BCUT2D eigenvalue weighted by atomic mass is 14.9. The van der Waals surface area contributed by atoms with E-state index in [-0.39, 0.29) is 5.54 Å². The molecular weight excluding hydrogens is 196 g/mol. The summed E-state index contributed by atoms with van der Waals surface area (Å²) >= 11 is 0. The van der Waals surface area contributed by atoms with E-state index in [4.69, 9.17) is 0 Å². The quantitative estimate of drug-likeness (QED) is 0.561. The van der Waals surface area contributed by atoms with Gasteiger partial charge in [-0.05, 0) is 53.2 Å². The monoisotopic (exact) mass is 228 g/mol. The van der Waals surface area contributed by atoms with E-state index in [9.17, 15) is 0 Å². The minimum Gasteiger partial charge on any atom is -0.317 e. The van der Waals surface area contributed by atoms with Crippen molar-refractivity contribution >= 4 is 0 Å². The molecule has 2 N–H and O–H groups in total. The summed E-state index contributed by atoms with van der Waals surface area (Å²) in [4.78, 5) is 0. The Bertz CT molecular complexity index is 138. The Morgan fingerprint density at radius 3 is 1.75 bits per heavy atom. The summed E-state index contributed by atoms with van der Waals surface area (Å²) in [5.41, 5.74) is 0.284. The van der Waals surface area contributed by atoms with Crippen LogP contribution in [0.2, 0.25) is 0 Å². The second kappa shape index (κ2) is 10.1. The molecule has 98 valence electrons. The summed E-state index contributed by atoms with van der Waals surface area (Å²) < 4.78 is 0. The molecule has 0 bridgehead atoms. The van der Waals surface area contributed by atoms with Gasteiger partial charge in [0.25, 0.3) is 0 Å². The highest BCUT2D eigenvalue weighted by Crippen LogP contribution is 2.05. The highest BCUT2D eigenvalue weighted by Gasteiger charge is 2.06. The van der Waals surface area contributed by atoms with Crippen molar-refractivity contribution < 1.29 is 0 Å². The van der Waals surface area contributed by atoms with Crippen LogP contribution in [0.4, 0.5) is 0 Å². The average Bonchev–Trinajstić information content (AvgIpc) is 2.19. The Kier molecular flexibility index (Phi) is 10.0. The third-order valence-electron chi connectivity index (χ3n) is 2.69. The van der Waals surface area contributed by atoms with Gasteiger partial charge in [0.2, 0.25) is 0 Å². The standard InChI is InChI=1S/C14H32N2/c1-5-15-12-10-8-6-7-9-11-13-16-14(2,3)4/h15-16H,5-13H2,1-4H3. The van der Waals surface area contributed by atoms with Gasteiger partial charge in [-0.1, -0.05) is 32.6 Å². The van der Waals surface area contributed by atoms with Crippen LogP contribution in [-0.2, 0) is 0 Å². The lowest BCUT2D eigenvalue weighted by Crippen LogP contribution is -2.36. The van der Waals surface area contributed by atoms with Gasteiger partial charge >= 0.3 is 0 Å². The third kappa shape index (κ3) is 13.9. The molecule has 0 atom stereocenters. The van der Waals surface area contributed by atoms with Crippen molar-refractivity contribution in [2.45, 2.75) is 71.8 Å². The van der Waals surface area contributed by atoms with Crippen LogP contribution in [0, 0.1) is 0 Å². The van der Waals surface area contributed by atoms with E-state index in [1.807, 2.05) is 0 Å². The van der Waals surface area contributed by atoms with E-state index in [0.29, 0.717) is 0 Å². The van der Waals surface area contributed by atoms with Crippen LogP contribution in [0.1, 0.15) is 66.2 Å². The molecule has 0 aliphatic rings. The van der Waals surface area contributed by atoms with Crippen LogP contribution in [0.15, 0.2) is 0 Å². The summed E-state index contributed by atoms with van der Waals surface area (Å²) in [5.74, 6) is 0. The third-order valence-corrected chi connectivity index (χ3v) is 2.69. The fraction of sp³-hybridized carbons (Fsp3) is 1.00. The topological polar surface area (TPSA) is 24.1 Å². The molecule has 0 aliphatic heterocycles. The molecule has 0 saturated heterocycles. The van der Waals surface area contributed by atoms with Gasteiger partial charge in [-0.25, -0.2) is 0 Å². The zero-order valence-corrected chi connectivity index (χ0v) is 11.9. The zero-order chi connectivity index (χ0) is 12.3. The van der Waals surface area contributed by atoms with Gasteiger partial charge in [0.05, 0.1) is 0 Å². The molecule has 0 spiro atoms. The Hall–Kier alpha value is -0.0800. The van der Waals surface area contributed by atoms with Crippen molar-refractivity contribution in [2.24, 2.45) is 0 Å². The molecule has 0 heterocycles. The molecule has 0 rings (SSSR count). The molecule has 0 aromatic rings. The van der Waals surface area contributed by atoms with E-state index in [1.54, 1.807) is 0 Å². The molecule has 0 fully saturated rings. The van der Waals surface area contributed by atoms with Gasteiger partial charge in [0.15, 0.2) is 0 Å². The first-order valence-electron chi connectivity index (χ1n) is 7.02. The van der Waals surface area contributed by atoms with E-state index < -0.39 is 0 Å². The van der Waals surface area contributed by atoms with Crippen molar-refractivity contribution in [3.63, 3.8) is 0 Å². The minimum absolute atomic E-state index is 0.284. The summed E-state index contributed by atoms with van der Waals surface area (Å²) in [6.07, 6.45) is 8.24. The van der Waals surface area contributed by atoms with E-state index in [2.05, 4.69) is 38.3 Å². The fourth-order valence-corrected chi connectivity index (χ4v) is 1.72. The largest absolute Gasteiger partial charge is 0.317 e. The molecule has 0 aromatic carbocycles. The Morgan fingerprint density at radius 1 is 0.750 bits per heavy atom. The normalized spacial score (nSPS) is 12.0. The molecule has 16 heavy (non-hydrogen) atoms. The van der Waals surface area contributed by atoms with Gasteiger partial charge in [0.1, 0.15) is 0 Å². The van der Waals surface area contributed by atoms with Crippen molar-refractivity contribution in [3.8, 4) is 0 Å². The maximum Gasteiger partial charge on any atom is 0.00965 e. The SMILES string of the molecule is CCNCCCCCCCCNC(C)(C)C. The molecular formula is C14H32N2. The van der Waals surface area contributed by atoms with Crippen molar-refractivity contribution in [2.75, 3.05) is 19.6 Å². The fourth-order valence-electron chi connectivity index (χ4n) is 1.72. The van der Waals surface area contributed by atoms with Crippen molar-refractivity contribution in [1.82, 2.24) is 10.6 Å². The maximum absolute atomic E-state index is 3.53. The number of unbranched alkanes of at least 4 members (excludes halogenated alkanes) is 5. The number of rotatable bonds is 10. The number of nitrogens with one attached hydrogen (secondary N) is 2. The first kappa shape index (κ1) is 15.9. The summed E-state index contributed by atoms with van der Waals surface area (Å²) in [5, 5.41) is 6.90. The summed E-state index contributed by atoms with van der Waals surface area (Å²) in [6.45, 7) is 12.3. The first-order valence-corrected chi connectivity index (χ1v) is 7.02. The molecule has 2 nitrogen and oxygen atoms in total. The summed E-state index contributed by atoms with van der Waals surface area (Å²) in [7, 11) is 0. The van der Waals surface area contributed by atoms with E-state index in [1.165, 1.54) is 51.6 Å². The van der Waals surface area contributed by atoms with Gasteiger partial charge in [-0.3, -0.25) is 0 Å². The van der Waals surface area contributed by atoms with Gasteiger partial charge in [-0.2, -0.15) is 0 Å². The number of hydrogen-bond donors (Lipinski definition) is 2. The van der Waals surface area contributed by atoms with Crippen LogP contribution in [-0.4, -0.2) is 25.2 Å². The van der Waals surface area contributed by atoms with Crippen molar-refractivity contribution in [1.29, 1.82) is 0 Å². The first-order chi connectivity index (χ1) is 7.56. The van der Waals surface area contributed by atoms with E-state index in [0.717, 1.165) is 6.54 Å². The predicted molar refractivity (Wildman–Crippen MR) is 74.0 cm³/mol. The molecule has 0 amide bonds. The summed E-state index contributed by atoms with van der Waals surface area (Å²) in [6, 6.07) is 0. The zero-order valence-electron chi connectivity index (χ0n) is 11.9. The van der Waals surface area contributed by atoms with Crippen LogP contribution in [0.5, 0.6) is 0 Å². The molecule has 0 unspecified atom stereocenters. The van der Waals surface area contributed by atoms with Crippen LogP contribution < -0.4 is 10.6 Å². The molecule has 0 aliphatic carbocycles. The molecule has 2 heteroatoms. The molecule has 0 radical (unpaired) electrons. The molecule has 0 aromatic heterocycles. The van der Waals surface area contributed by atoms with Crippen LogP contribution in [0.25, 0.3) is 0 Å². The van der Waals surface area contributed by atoms with E-state index >= 15 is 0 Å². The predicted octanol–water partition coefficient (Wildman–Crippen LogP) is 3.32. The van der Waals surface area contributed by atoms with Crippen molar-refractivity contribution in [3.05, 3.63) is 0 Å². The highest BCUT2D eigenvalue weighted by molar-refractivity contribution is 4.69. The van der Waals surface area contributed by atoms with Gasteiger partial charge in [-0.15, -0.1) is 0 Å². The van der Waals surface area contributed by atoms with Crippen LogP contribution >= 0.6 is 0 Å². The van der Waals surface area contributed by atoms with Gasteiger partial charge < -0.3 is 10.6 Å². The lowest BCUT2D eigenvalue weighted by Gasteiger charge is -2.20. The van der Waals surface area contributed by atoms with Gasteiger partial charge in [0, 0.05) is 5.54 Å². The smallest absolute Gasteiger partial charge is 0.00965 e. The molecule has 0 saturated carbocycles. The second-order valence-corrected chi connectivity index (χ2v) is 5.65. The Labute approximate surface area is 103 Å². The Morgan fingerprint density at radius 2 is 1.25 bits per heavy atom. The Balaban J connectivity index is 2.99. The lowest BCUT2D eigenvalue weighted by molar-refractivity contribution is 0.415. The minimum atomic E-state index is 0.284. The lowest BCUT2D eigenvalue weighted by atomic mass is 10.1.